The van der Waals surface area contributed by atoms with Gasteiger partial charge in [-0.2, -0.15) is 0 Å². The number of hydrogen-bond donors (Lipinski definition) is 0. The van der Waals surface area contributed by atoms with Crippen LogP contribution in [0.4, 0.5) is 0 Å². The van der Waals surface area contributed by atoms with Gasteiger partial charge in [0.05, 0.1) is 0 Å². The van der Waals surface area contributed by atoms with E-state index in [1.807, 2.05) is 0 Å². The van der Waals surface area contributed by atoms with E-state index >= 15 is 0 Å². The molecule has 0 N–H and O–H groups in total. The number of hydrogen-bond acceptors (Lipinski definition) is 1. The molecule has 2 atom stereocenters. The predicted molar refractivity (Wildman–Crippen MR) is 64.3 cm³/mol. The minimum Gasteiger partial charge on any atom is -0.300 e. The molecule has 1 heteroatoms. The number of fused-ring (bicyclic) bond motifs is 1. The van der Waals surface area contributed by atoms with Crippen LogP contribution in [0.1, 0.15) is 36.8 Å². The summed E-state index contributed by atoms with van der Waals surface area (Å²) in [6, 6.07) is 8.79. The van der Waals surface area contributed by atoms with Crippen LogP contribution in [0.25, 0.3) is 0 Å². The minimum absolute atomic E-state index is 0.490. The lowest BCUT2D eigenvalue weighted by molar-refractivity contribution is -0.117. The van der Waals surface area contributed by atoms with E-state index in [4.69, 9.17) is 0 Å². The van der Waals surface area contributed by atoms with Crippen molar-refractivity contribution in [3.63, 3.8) is 0 Å². The average Bonchev–Trinajstić information content (AvgIpc) is 2.75. The number of benzene rings is 1. The molecule has 0 radical (unpaired) electrons. The van der Waals surface area contributed by atoms with Crippen molar-refractivity contribution in [3.05, 3.63) is 35.4 Å². The first-order chi connectivity index (χ1) is 7.83. The molecule has 0 amide bonds. The molecular formula is C15H18O. The highest BCUT2D eigenvalue weighted by Gasteiger charge is 2.31. The van der Waals surface area contributed by atoms with Crippen LogP contribution in [-0.2, 0) is 17.6 Å². The number of carbonyl (C=O) groups excluding carboxylic acids is 1. The van der Waals surface area contributed by atoms with E-state index < -0.39 is 0 Å². The summed E-state index contributed by atoms with van der Waals surface area (Å²) in [7, 11) is 0. The van der Waals surface area contributed by atoms with Crippen LogP contribution in [-0.4, -0.2) is 5.78 Å². The molecule has 0 aromatic heterocycles. The summed E-state index contributed by atoms with van der Waals surface area (Å²) < 4.78 is 0. The summed E-state index contributed by atoms with van der Waals surface area (Å²) >= 11 is 0. The Hall–Kier alpha value is -1.11. The van der Waals surface area contributed by atoms with Crippen molar-refractivity contribution in [3.8, 4) is 0 Å². The smallest absolute Gasteiger partial charge is 0.133 e. The molecule has 1 saturated carbocycles. The molecule has 2 aliphatic carbocycles. The van der Waals surface area contributed by atoms with Gasteiger partial charge in [0.25, 0.3) is 0 Å². The summed E-state index contributed by atoms with van der Waals surface area (Å²) in [4.78, 5) is 11.3. The molecule has 2 unspecified atom stereocenters. The third kappa shape index (κ3) is 1.79. The van der Waals surface area contributed by atoms with Gasteiger partial charge in [0, 0.05) is 12.8 Å². The normalized spacial score (nSPS) is 29.1. The number of ketones is 1. The van der Waals surface area contributed by atoms with Crippen LogP contribution in [0, 0.1) is 11.8 Å². The Morgan fingerprint density at radius 1 is 0.875 bits per heavy atom. The van der Waals surface area contributed by atoms with E-state index in [9.17, 15) is 4.79 Å². The fraction of sp³-hybridized carbons (Fsp3) is 0.533. The lowest BCUT2D eigenvalue weighted by atomic mass is 9.76. The van der Waals surface area contributed by atoms with Gasteiger partial charge < -0.3 is 0 Å². The van der Waals surface area contributed by atoms with Crippen molar-refractivity contribution in [1.29, 1.82) is 0 Å². The third-order valence-corrected chi connectivity index (χ3v) is 4.34. The van der Waals surface area contributed by atoms with Crippen molar-refractivity contribution in [2.45, 2.75) is 38.5 Å². The first kappa shape index (κ1) is 10.1. The minimum atomic E-state index is 0.490. The van der Waals surface area contributed by atoms with Crippen molar-refractivity contribution in [2.24, 2.45) is 11.8 Å². The molecule has 16 heavy (non-hydrogen) atoms. The monoisotopic (exact) mass is 214 g/mol. The Kier molecular flexibility index (Phi) is 2.55. The Morgan fingerprint density at radius 3 is 2.31 bits per heavy atom. The Labute approximate surface area is 96.9 Å². The molecule has 0 spiro atoms. The summed E-state index contributed by atoms with van der Waals surface area (Å²) in [6.07, 6.45) is 6.54. The van der Waals surface area contributed by atoms with E-state index in [0.29, 0.717) is 11.7 Å². The summed E-state index contributed by atoms with van der Waals surface area (Å²) in [5, 5.41) is 0. The summed E-state index contributed by atoms with van der Waals surface area (Å²) in [5.41, 5.74) is 3.06. The van der Waals surface area contributed by atoms with Gasteiger partial charge in [0.2, 0.25) is 0 Å². The molecule has 1 fully saturated rings. The van der Waals surface area contributed by atoms with Crippen molar-refractivity contribution >= 4 is 5.78 Å². The lowest BCUT2D eigenvalue weighted by Gasteiger charge is -2.28. The molecule has 0 aliphatic heterocycles. The van der Waals surface area contributed by atoms with E-state index in [-0.39, 0.29) is 0 Å². The molecule has 0 heterocycles. The highest BCUT2D eigenvalue weighted by atomic mass is 16.1. The van der Waals surface area contributed by atoms with Gasteiger partial charge in [-0.1, -0.05) is 24.3 Å². The SMILES string of the molecule is O=C1CCC(C2CCc3ccccc3C2)C1. The quantitative estimate of drug-likeness (QED) is 0.701. The lowest BCUT2D eigenvalue weighted by Crippen LogP contribution is -2.21. The van der Waals surface area contributed by atoms with Gasteiger partial charge >= 0.3 is 0 Å². The van der Waals surface area contributed by atoms with Gasteiger partial charge in [-0.05, 0) is 48.6 Å². The predicted octanol–water partition coefficient (Wildman–Crippen LogP) is 3.16. The molecule has 3 rings (SSSR count). The van der Waals surface area contributed by atoms with Crippen molar-refractivity contribution in [2.75, 3.05) is 0 Å². The molecule has 1 nitrogen and oxygen atoms in total. The largest absolute Gasteiger partial charge is 0.300 e. The van der Waals surface area contributed by atoms with Crippen LogP contribution in [0.2, 0.25) is 0 Å². The highest BCUT2D eigenvalue weighted by molar-refractivity contribution is 5.80. The van der Waals surface area contributed by atoms with Gasteiger partial charge in [-0.25, -0.2) is 0 Å². The van der Waals surface area contributed by atoms with Crippen molar-refractivity contribution in [1.82, 2.24) is 0 Å². The van der Waals surface area contributed by atoms with E-state index in [1.165, 1.54) is 30.4 Å². The molecule has 1 aromatic rings. The van der Waals surface area contributed by atoms with E-state index in [0.717, 1.165) is 25.2 Å². The van der Waals surface area contributed by atoms with Gasteiger partial charge in [-0.3, -0.25) is 4.79 Å². The number of rotatable bonds is 1. The zero-order valence-electron chi connectivity index (χ0n) is 9.61. The Balaban J connectivity index is 1.75. The van der Waals surface area contributed by atoms with Gasteiger partial charge in [0.1, 0.15) is 5.78 Å². The number of Topliss-reactive ketones (excluding diaryl/α,β-unsaturated/α-hetero) is 1. The fourth-order valence-electron chi connectivity index (χ4n) is 3.37. The first-order valence-electron chi connectivity index (χ1n) is 6.41. The van der Waals surface area contributed by atoms with E-state index in [2.05, 4.69) is 24.3 Å². The summed E-state index contributed by atoms with van der Waals surface area (Å²) in [6.45, 7) is 0. The maximum absolute atomic E-state index is 11.3. The molecular weight excluding hydrogens is 196 g/mol. The van der Waals surface area contributed by atoms with Crippen LogP contribution >= 0.6 is 0 Å². The molecule has 0 saturated heterocycles. The highest BCUT2D eigenvalue weighted by Crippen LogP contribution is 2.37. The maximum atomic E-state index is 11.3. The fourth-order valence-corrected chi connectivity index (χ4v) is 3.37. The standard InChI is InChI=1S/C15H18O/c16-15-8-7-14(10-15)13-6-5-11-3-1-2-4-12(11)9-13/h1-4,13-14H,5-10H2. The first-order valence-corrected chi connectivity index (χ1v) is 6.41. The van der Waals surface area contributed by atoms with Crippen LogP contribution in [0.5, 0.6) is 0 Å². The second kappa shape index (κ2) is 4.04. The van der Waals surface area contributed by atoms with Crippen LogP contribution in [0.15, 0.2) is 24.3 Å². The zero-order valence-corrected chi connectivity index (χ0v) is 9.61. The number of aryl methyl sites for hydroxylation is 1. The van der Waals surface area contributed by atoms with Crippen LogP contribution < -0.4 is 0 Å². The molecule has 2 aliphatic rings. The van der Waals surface area contributed by atoms with Gasteiger partial charge in [-0.15, -0.1) is 0 Å². The zero-order chi connectivity index (χ0) is 11.0. The second-order valence-corrected chi connectivity index (χ2v) is 5.31. The second-order valence-electron chi connectivity index (χ2n) is 5.31. The van der Waals surface area contributed by atoms with Crippen molar-refractivity contribution < 1.29 is 4.79 Å². The van der Waals surface area contributed by atoms with E-state index in [1.54, 1.807) is 0 Å². The summed E-state index contributed by atoms with van der Waals surface area (Å²) in [5.74, 6) is 1.94. The van der Waals surface area contributed by atoms with Crippen LogP contribution in [0.3, 0.4) is 0 Å². The Bertz CT molecular complexity index is 408. The molecule has 84 valence electrons. The number of carbonyl (C=O) groups is 1. The average molecular weight is 214 g/mol. The molecule has 1 aromatic carbocycles. The van der Waals surface area contributed by atoms with Gasteiger partial charge in [0.15, 0.2) is 0 Å². The Morgan fingerprint density at radius 2 is 1.56 bits per heavy atom. The maximum Gasteiger partial charge on any atom is 0.133 e. The third-order valence-electron chi connectivity index (χ3n) is 4.34. The molecule has 0 bridgehead atoms. The topological polar surface area (TPSA) is 17.1 Å².